The van der Waals surface area contributed by atoms with Gasteiger partial charge in [-0.25, -0.2) is 5.48 Å². The van der Waals surface area contributed by atoms with Crippen molar-refractivity contribution in [3.05, 3.63) is 0 Å². The number of carbonyl (C=O) groups excluding carboxylic acids is 2. The molecule has 0 spiro atoms. The van der Waals surface area contributed by atoms with Crippen LogP contribution >= 0.6 is 0 Å². The highest BCUT2D eigenvalue weighted by Gasteiger charge is 2.01. The van der Waals surface area contributed by atoms with Crippen LogP contribution in [0.15, 0.2) is 0 Å². The Morgan fingerprint density at radius 2 is 1.50 bits per heavy atom. The zero-order valence-electron chi connectivity index (χ0n) is 12.8. The third kappa shape index (κ3) is 15.0. The van der Waals surface area contributed by atoms with Crippen molar-refractivity contribution in [2.24, 2.45) is 5.73 Å². The molecule has 0 radical (unpaired) electrons. The van der Waals surface area contributed by atoms with E-state index in [1.165, 1.54) is 32.1 Å². The summed E-state index contributed by atoms with van der Waals surface area (Å²) in [5, 5.41) is 0. The average molecular weight is 286 g/mol. The van der Waals surface area contributed by atoms with Crippen molar-refractivity contribution in [1.29, 1.82) is 0 Å². The maximum atomic E-state index is 11.4. The Hall–Kier alpha value is -1.10. The van der Waals surface area contributed by atoms with Gasteiger partial charge in [0.1, 0.15) is 0 Å². The Kier molecular flexibility index (Phi) is 13.5. The second-order valence-corrected chi connectivity index (χ2v) is 5.17. The summed E-state index contributed by atoms with van der Waals surface area (Å²) in [6.07, 6.45) is 10.7. The Bertz CT molecular complexity index is 258. The van der Waals surface area contributed by atoms with E-state index in [-0.39, 0.29) is 11.8 Å². The van der Waals surface area contributed by atoms with Crippen LogP contribution in [0.1, 0.15) is 77.6 Å². The molecule has 2 amide bonds. The Morgan fingerprint density at radius 3 is 2.15 bits per heavy atom. The number of unbranched alkanes of at least 4 members (excludes halogenated alkanes) is 7. The van der Waals surface area contributed by atoms with E-state index < -0.39 is 0 Å². The van der Waals surface area contributed by atoms with Gasteiger partial charge in [0.15, 0.2) is 0 Å². The molecule has 0 saturated heterocycles. The van der Waals surface area contributed by atoms with Crippen LogP contribution < -0.4 is 11.2 Å². The SMILES string of the molecule is CCCCCCCCCC(=O)NOCCCCC(N)=O. The largest absolute Gasteiger partial charge is 0.370 e. The number of amides is 2. The summed E-state index contributed by atoms with van der Waals surface area (Å²) in [6, 6.07) is 0. The van der Waals surface area contributed by atoms with Crippen molar-refractivity contribution >= 4 is 11.8 Å². The molecule has 0 heterocycles. The lowest BCUT2D eigenvalue weighted by Gasteiger charge is -2.05. The van der Waals surface area contributed by atoms with Gasteiger partial charge >= 0.3 is 0 Å². The third-order valence-electron chi connectivity index (χ3n) is 3.11. The first-order valence-electron chi connectivity index (χ1n) is 7.85. The van der Waals surface area contributed by atoms with E-state index in [0.29, 0.717) is 25.9 Å². The Balaban J connectivity index is 3.19. The maximum Gasteiger partial charge on any atom is 0.243 e. The molecule has 5 heteroatoms. The number of hydrogen-bond acceptors (Lipinski definition) is 3. The summed E-state index contributed by atoms with van der Waals surface area (Å²) in [5.41, 5.74) is 7.44. The van der Waals surface area contributed by atoms with Crippen molar-refractivity contribution < 1.29 is 14.4 Å². The minimum Gasteiger partial charge on any atom is -0.370 e. The zero-order chi connectivity index (χ0) is 15.1. The second-order valence-electron chi connectivity index (χ2n) is 5.17. The first-order valence-corrected chi connectivity index (χ1v) is 7.85. The van der Waals surface area contributed by atoms with Crippen LogP contribution in [-0.4, -0.2) is 18.4 Å². The third-order valence-corrected chi connectivity index (χ3v) is 3.11. The predicted octanol–water partition coefficient (Wildman–Crippen LogP) is 2.83. The van der Waals surface area contributed by atoms with Gasteiger partial charge in [-0.3, -0.25) is 14.4 Å². The van der Waals surface area contributed by atoms with E-state index in [0.717, 1.165) is 19.3 Å². The number of rotatable bonds is 14. The molecular formula is C15H30N2O3. The summed E-state index contributed by atoms with van der Waals surface area (Å²) in [7, 11) is 0. The molecule has 0 rings (SSSR count). The van der Waals surface area contributed by atoms with Crippen LogP contribution in [0.5, 0.6) is 0 Å². The average Bonchev–Trinajstić information content (AvgIpc) is 2.41. The fourth-order valence-corrected chi connectivity index (χ4v) is 1.90. The smallest absolute Gasteiger partial charge is 0.243 e. The summed E-state index contributed by atoms with van der Waals surface area (Å²) < 4.78 is 0. The molecule has 0 fully saturated rings. The van der Waals surface area contributed by atoms with E-state index in [1.54, 1.807) is 0 Å². The fourth-order valence-electron chi connectivity index (χ4n) is 1.90. The monoisotopic (exact) mass is 286 g/mol. The summed E-state index contributed by atoms with van der Waals surface area (Å²) >= 11 is 0. The van der Waals surface area contributed by atoms with E-state index in [2.05, 4.69) is 12.4 Å². The minimum absolute atomic E-state index is 0.0616. The van der Waals surface area contributed by atoms with Crippen molar-refractivity contribution in [2.45, 2.75) is 77.6 Å². The van der Waals surface area contributed by atoms with Gasteiger partial charge in [-0.2, -0.15) is 0 Å². The molecule has 0 bridgehead atoms. The van der Waals surface area contributed by atoms with Gasteiger partial charge in [0.05, 0.1) is 6.61 Å². The number of carbonyl (C=O) groups is 2. The molecule has 118 valence electrons. The molecule has 5 nitrogen and oxygen atoms in total. The lowest BCUT2D eigenvalue weighted by molar-refractivity contribution is -0.134. The van der Waals surface area contributed by atoms with Gasteiger partial charge in [0.25, 0.3) is 0 Å². The standard InChI is InChI=1S/C15H30N2O3/c1-2-3-4-5-6-7-8-12-15(19)17-20-13-10-9-11-14(16)18/h2-13H2,1H3,(H2,16,18)(H,17,19). The molecule has 0 aromatic rings. The van der Waals surface area contributed by atoms with Crippen LogP contribution in [0.2, 0.25) is 0 Å². The number of primary amides is 1. The summed E-state index contributed by atoms with van der Waals surface area (Å²) in [5.74, 6) is -0.360. The van der Waals surface area contributed by atoms with Gasteiger partial charge < -0.3 is 5.73 Å². The number of nitrogens with two attached hydrogens (primary N) is 1. The van der Waals surface area contributed by atoms with Gasteiger partial charge in [-0.15, -0.1) is 0 Å². The van der Waals surface area contributed by atoms with Crippen LogP contribution in [0.25, 0.3) is 0 Å². The van der Waals surface area contributed by atoms with Gasteiger partial charge in [-0.05, 0) is 19.3 Å². The van der Waals surface area contributed by atoms with E-state index >= 15 is 0 Å². The van der Waals surface area contributed by atoms with Gasteiger partial charge in [0.2, 0.25) is 11.8 Å². The fraction of sp³-hybridized carbons (Fsp3) is 0.867. The number of hydroxylamine groups is 1. The topological polar surface area (TPSA) is 81.4 Å². The Labute approximate surface area is 122 Å². The molecule has 0 unspecified atom stereocenters. The highest BCUT2D eigenvalue weighted by atomic mass is 16.6. The Morgan fingerprint density at radius 1 is 0.900 bits per heavy atom. The van der Waals surface area contributed by atoms with E-state index in [4.69, 9.17) is 10.6 Å². The second kappa shape index (κ2) is 14.3. The highest BCUT2D eigenvalue weighted by molar-refractivity contribution is 5.74. The van der Waals surface area contributed by atoms with Crippen LogP contribution in [-0.2, 0) is 14.4 Å². The van der Waals surface area contributed by atoms with Crippen molar-refractivity contribution in [3.8, 4) is 0 Å². The van der Waals surface area contributed by atoms with E-state index in [1.807, 2.05) is 0 Å². The molecule has 0 aliphatic carbocycles. The van der Waals surface area contributed by atoms with Crippen molar-refractivity contribution in [2.75, 3.05) is 6.61 Å². The molecule has 0 aliphatic rings. The molecule has 0 aliphatic heterocycles. The minimum atomic E-state index is -0.298. The molecule has 0 atom stereocenters. The number of nitrogens with one attached hydrogen (secondary N) is 1. The van der Waals surface area contributed by atoms with Crippen LogP contribution in [0.4, 0.5) is 0 Å². The first-order chi connectivity index (χ1) is 9.66. The summed E-state index contributed by atoms with van der Waals surface area (Å²) in [6.45, 7) is 2.63. The maximum absolute atomic E-state index is 11.4. The lowest BCUT2D eigenvalue weighted by atomic mass is 10.1. The van der Waals surface area contributed by atoms with Crippen LogP contribution in [0, 0.1) is 0 Å². The molecule has 20 heavy (non-hydrogen) atoms. The molecule has 3 N–H and O–H groups in total. The zero-order valence-corrected chi connectivity index (χ0v) is 12.8. The molecule has 0 saturated carbocycles. The van der Waals surface area contributed by atoms with Gasteiger partial charge in [0, 0.05) is 12.8 Å². The van der Waals surface area contributed by atoms with Crippen molar-refractivity contribution in [1.82, 2.24) is 5.48 Å². The summed E-state index contributed by atoms with van der Waals surface area (Å²) in [4.78, 5) is 26.9. The lowest BCUT2D eigenvalue weighted by Crippen LogP contribution is -2.24. The van der Waals surface area contributed by atoms with Crippen LogP contribution in [0.3, 0.4) is 0 Å². The predicted molar refractivity (Wildman–Crippen MR) is 79.8 cm³/mol. The van der Waals surface area contributed by atoms with E-state index in [9.17, 15) is 9.59 Å². The molecular weight excluding hydrogens is 256 g/mol. The molecule has 0 aromatic heterocycles. The first kappa shape index (κ1) is 18.9. The normalized spacial score (nSPS) is 10.4. The quantitative estimate of drug-likeness (QED) is 0.380. The number of hydrogen-bond donors (Lipinski definition) is 2. The van der Waals surface area contributed by atoms with Crippen molar-refractivity contribution in [3.63, 3.8) is 0 Å². The molecule has 0 aromatic carbocycles. The van der Waals surface area contributed by atoms with Gasteiger partial charge in [-0.1, -0.05) is 45.4 Å². The highest BCUT2D eigenvalue weighted by Crippen LogP contribution is 2.08.